The van der Waals surface area contributed by atoms with Crippen molar-refractivity contribution in [1.29, 1.82) is 0 Å². The summed E-state index contributed by atoms with van der Waals surface area (Å²) in [6.45, 7) is -0.415. The third kappa shape index (κ3) is 3.47. The average Bonchev–Trinajstić information content (AvgIpc) is 3.25. The van der Waals surface area contributed by atoms with Gasteiger partial charge in [0.2, 0.25) is 0 Å². The van der Waals surface area contributed by atoms with E-state index in [-0.39, 0.29) is 0 Å². The Morgan fingerprint density at radius 3 is 2.79 bits per heavy atom. The number of nitrogens with zero attached hydrogens (tertiary/aromatic N) is 6. The lowest BCUT2D eigenvalue weighted by atomic mass is 10.1. The van der Waals surface area contributed by atoms with E-state index in [9.17, 15) is 15.3 Å². The summed E-state index contributed by atoms with van der Waals surface area (Å²) < 4.78 is 7.87. The fourth-order valence-corrected chi connectivity index (χ4v) is 3.09. The number of imidazole rings is 1. The van der Waals surface area contributed by atoms with E-state index in [2.05, 4.69) is 46.4 Å². The van der Waals surface area contributed by atoms with Crippen LogP contribution in [0.4, 0.5) is 5.82 Å². The van der Waals surface area contributed by atoms with Gasteiger partial charge in [0.1, 0.15) is 24.6 Å². The first-order valence-electron chi connectivity index (χ1n) is 8.29. The maximum absolute atomic E-state index is 10.2. The van der Waals surface area contributed by atoms with Gasteiger partial charge in [-0.2, -0.15) is 5.10 Å². The number of nitrogens with one attached hydrogen (secondary N) is 1. The molecule has 0 aliphatic carbocycles. The summed E-state index contributed by atoms with van der Waals surface area (Å²) in [6, 6.07) is 3.64. The molecule has 0 amide bonds. The van der Waals surface area contributed by atoms with Gasteiger partial charge in [-0.05, 0) is 28.1 Å². The highest BCUT2D eigenvalue weighted by Crippen LogP contribution is 2.32. The van der Waals surface area contributed by atoms with Crippen LogP contribution in [0, 0.1) is 0 Å². The van der Waals surface area contributed by atoms with Crippen LogP contribution >= 0.6 is 15.9 Å². The van der Waals surface area contributed by atoms with Gasteiger partial charge in [-0.25, -0.2) is 15.0 Å². The molecule has 12 heteroatoms. The number of halogens is 1. The molecule has 28 heavy (non-hydrogen) atoms. The molecule has 4 rings (SSSR count). The third-order valence-corrected chi connectivity index (χ3v) is 4.74. The molecule has 0 bridgehead atoms. The van der Waals surface area contributed by atoms with Gasteiger partial charge < -0.3 is 20.1 Å². The maximum atomic E-state index is 10.2. The number of aromatic nitrogens is 5. The summed E-state index contributed by atoms with van der Waals surface area (Å²) >= 11 is 3.32. The summed E-state index contributed by atoms with van der Waals surface area (Å²) in [5, 5.41) is 33.5. The molecule has 3 aromatic heterocycles. The van der Waals surface area contributed by atoms with Crippen molar-refractivity contribution in [2.75, 3.05) is 12.0 Å². The van der Waals surface area contributed by atoms with Crippen molar-refractivity contribution in [2.45, 2.75) is 24.5 Å². The number of anilines is 1. The fourth-order valence-electron chi connectivity index (χ4n) is 2.85. The Bertz CT molecular complexity index is 996. The second-order valence-corrected chi connectivity index (χ2v) is 6.96. The van der Waals surface area contributed by atoms with Crippen LogP contribution in [0.3, 0.4) is 0 Å². The Balaban J connectivity index is 1.58. The van der Waals surface area contributed by atoms with E-state index < -0.39 is 31.1 Å². The van der Waals surface area contributed by atoms with E-state index in [0.29, 0.717) is 22.7 Å². The first-order chi connectivity index (χ1) is 13.6. The van der Waals surface area contributed by atoms with Gasteiger partial charge >= 0.3 is 0 Å². The van der Waals surface area contributed by atoms with Gasteiger partial charge in [0, 0.05) is 10.7 Å². The predicted molar refractivity (Wildman–Crippen MR) is 101 cm³/mol. The van der Waals surface area contributed by atoms with Gasteiger partial charge in [-0.15, -0.1) is 0 Å². The molecule has 4 heterocycles. The maximum Gasteiger partial charge on any atom is 0.177 e. The van der Waals surface area contributed by atoms with E-state index in [1.165, 1.54) is 23.4 Å². The van der Waals surface area contributed by atoms with E-state index in [1.807, 2.05) is 6.07 Å². The Hall–Kier alpha value is -2.51. The summed E-state index contributed by atoms with van der Waals surface area (Å²) in [6.07, 6.45) is 1.66. The van der Waals surface area contributed by atoms with Crippen molar-refractivity contribution < 1.29 is 20.1 Å². The lowest BCUT2D eigenvalue weighted by Gasteiger charge is -2.16. The molecule has 1 aliphatic heterocycles. The Kier molecular flexibility index (Phi) is 5.28. The number of hydrogen-bond acceptors (Lipinski definition) is 10. The number of hydrazone groups is 1. The third-order valence-electron chi connectivity index (χ3n) is 4.27. The van der Waals surface area contributed by atoms with E-state index in [1.54, 1.807) is 12.3 Å². The number of rotatable bonds is 5. The molecular weight excluding hydrogens is 434 g/mol. The topological polar surface area (TPSA) is 151 Å². The monoisotopic (exact) mass is 449 g/mol. The van der Waals surface area contributed by atoms with Gasteiger partial charge in [-0.3, -0.25) is 15.0 Å². The molecule has 0 spiro atoms. The van der Waals surface area contributed by atoms with Crippen LogP contribution in [0.1, 0.15) is 11.9 Å². The lowest BCUT2D eigenvalue weighted by molar-refractivity contribution is -0.0511. The van der Waals surface area contributed by atoms with E-state index in [4.69, 9.17) is 4.74 Å². The minimum absolute atomic E-state index is 0.351. The summed E-state index contributed by atoms with van der Waals surface area (Å²) in [5.41, 5.74) is 4.23. The predicted octanol–water partition coefficient (Wildman–Crippen LogP) is 0.0413. The van der Waals surface area contributed by atoms with Crippen molar-refractivity contribution in [3.05, 3.63) is 41.2 Å². The first kappa shape index (κ1) is 18.8. The van der Waals surface area contributed by atoms with E-state index >= 15 is 0 Å². The van der Waals surface area contributed by atoms with Crippen LogP contribution in [-0.4, -0.2) is 71.0 Å². The highest BCUT2D eigenvalue weighted by Gasteiger charge is 2.44. The second kappa shape index (κ2) is 7.85. The average molecular weight is 450 g/mol. The van der Waals surface area contributed by atoms with E-state index in [0.717, 1.165) is 4.47 Å². The second-order valence-electron chi connectivity index (χ2n) is 6.05. The number of ether oxygens (including phenoxy) is 1. The molecule has 11 nitrogen and oxygen atoms in total. The van der Waals surface area contributed by atoms with Crippen LogP contribution in [0.2, 0.25) is 0 Å². The number of hydrogen-bond donors (Lipinski definition) is 4. The number of aliphatic hydroxyl groups excluding tert-OH is 3. The molecule has 4 atom stereocenters. The SMILES string of the molecule is OC[C@H]1O[C@@H](n2cnc3c(NN=Cc4ccc(Br)cn4)ncnc32)[C@H](O)[C@@H]1O. The van der Waals surface area contributed by atoms with Gasteiger partial charge in [0.25, 0.3) is 0 Å². The molecule has 4 N–H and O–H groups in total. The minimum atomic E-state index is -1.23. The minimum Gasteiger partial charge on any atom is -0.394 e. The zero-order chi connectivity index (χ0) is 19.7. The molecule has 3 aromatic rings. The number of fused-ring (bicyclic) bond motifs is 1. The van der Waals surface area contributed by atoms with Crippen LogP contribution in [-0.2, 0) is 4.74 Å². The van der Waals surface area contributed by atoms with Gasteiger partial charge in [-0.1, -0.05) is 0 Å². The molecule has 1 fully saturated rings. The highest BCUT2D eigenvalue weighted by atomic mass is 79.9. The normalized spacial score (nSPS) is 25.0. The molecule has 1 aliphatic rings. The quantitative estimate of drug-likeness (QED) is 0.312. The van der Waals surface area contributed by atoms with Crippen molar-refractivity contribution in [2.24, 2.45) is 5.10 Å². The van der Waals surface area contributed by atoms with Crippen LogP contribution in [0.15, 0.2) is 40.6 Å². The highest BCUT2D eigenvalue weighted by molar-refractivity contribution is 9.10. The molecule has 0 aromatic carbocycles. The molecule has 1 saturated heterocycles. The van der Waals surface area contributed by atoms with Crippen LogP contribution < -0.4 is 5.43 Å². The van der Waals surface area contributed by atoms with Crippen molar-refractivity contribution in [1.82, 2.24) is 24.5 Å². The van der Waals surface area contributed by atoms with Gasteiger partial charge in [0.15, 0.2) is 23.2 Å². The molecule has 0 saturated carbocycles. The Morgan fingerprint density at radius 2 is 2.07 bits per heavy atom. The van der Waals surface area contributed by atoms with Gasteiger partial charge in [0.05, 0.1) is 24.8 Å². The van der Waals surface area contributed by atoms with Crippen LogP contribution in [0.5, 0.6) is 0 Å². The van der Waals surface area contributed by atoms with Crippen molar-refractivity contribution in [3.8, 4) is 0 Å². The first-order valence-corrected chi connectivity index (χ1v) is 9.08. The largest absolute Gasteiger partial charge is 0.394 e. The molecule has 146 valence electrons. The fraction of sp³-hybridized carbons (Fsp3) is 0.312. The standard InChI is InChI=1S/C16H16BrN7O4/c17-8-1-2-9(18-3-8)4-22-23-14-11-15(20-6-19-14)24(7-21-11)16-13(27)12(26)10(5-25)28-16/h1-4,6-7,10,12-13,16,25-27H,5H2,(H,19,20,23)/t10-,12-,13-,16-/m1/s1. The number of aliphatic hydroxyl groups is 3. The zero-order valence-corrected chi connectivity index (χ0v) is 15.9. The summed E-state index contributed by atoms with van der Waals surface area (Å²) in [7, 11) is 0. The van der Waals surface area contributed by atoms with Crippen molar-refractivity contribution >= 4 is 39.1 Å². The number of pyridine rings is 1. The zero-order valence-electron chi connectivity index (χ0n) is 14.3. The lowest BCUT2D eigenvalue weighted by Crippen LogP contribution is -2.33. The Labute approximate surface area is 166 Å². The van der Waals surface area contributed by atoms with Crippen molar-refractivity contribution in [3.63, 3.8) is 0 Å². The molecule has 0 radical (unpaired) electrons. The smallest absolute Gasteiger partial charge is 0.177 e. The molecular formula is C16H16BrN7O4. The van der Waals surface area contributed by atoms with Crippen LogP contribution in [0.25, 0.3) is 11.2 Å². The summed E-state index contributed by atoms with van der Waals surface area (Å²) in [5.74, 6) is 0.351. The Morgan fingerprint density at radius 1 is 1.21 bits per heavy atom. The molecule has 0 unspecified atom stereocenters. The summed E-state index contributed by atoms with van der Waals surface area (Å²) in [4.78, 5) is 16.7.